The van der Waals surface area contributed by atoms with Crippen LogP contribution < -0.4 is 11.3 Å². The van der Waals surface area contributed by atoms with E-state index in [1.807, 2.05) is 10.9 Å². The number of aromatic nitrogens is 2. The first-order chi connectivity index (χ1) is 8.70. The first kappa shape index (κ1) is 13.5. The second kappa shape index (κ2) is 6.31. The maximum absolute atomic E-state index is 5.69. The van der Waals surface area contributed by atoms with Crippen LogP contribution in [0.5, 0.6) is 0 Å². The van der Waals surface area contributed by atoms with Crippen molar-refractivity contribution in [2.75, 3.05) is 13.2 Å². The van der Waals surface area contributed by atoms with Gasteiger partial charge in [0, 0.05) is 37.9 Å². The van der Waals surface area contributed by atoms with Crippen molar-refractivity contribution in [1.29, 1.82) is 0 Å². The van der Waals surface area contributed by atoms with Gasteiger partial charge in [0.1, 0.15) is 0 Å². The van der Waals surface area contributed by atoms with Crippen LogP contribution in [0, 0.1) is 5.92 Å². The Hall–Kier alpha value is -0.910. The van der Waals surface area contributed by atoms with Gasteiger partial charge in [-0.05, 0) is 38.7 Å². The number of nitrogens with zero attached hydrogens (tertiary/aromatic N) is 2. The van der Waals surface area contributed by atoms with Crippen molar-refractivity contribution in [3.05, 3.63) is 18.0 Å². The van der Waals surface area contributed by atoms with E-state index in [4.69, 9.17) is 10.6 Å². The maximum atomic E-state index is 5.69. The molecule has 1 unspecified atom stereocenters. The molecule has 5 heteroatoms. The van der Waals surface area contributed by atoms with Crippen LogP contribution in [0.3, 0.4) is 0 Å². The normalized spacial score (nSPS) is 19.3. The van der Waals surface area contributed by atoms with Crippen molar-refractivity contribution < 1.29 is 4.74 Å². The van der Waals surface area contributed by atoms with Crippen LogP contribution in [0.1, 0.15) is 38.4 Å². The van der Waals surface area contributed by atoms with E-state index in [2.05, 4.69) is 30.4 Å². The largest absolute Gasteiger partial charge is 0.381 e. The highest BCUT2D eigenvalue weighted by Crippen LogP contribution is 2.21. The molecule has 0 bridgehead atoms. The zero-order chi connectivity index (χ0) is 13.0. The summed E-state index contributed by atoms with van der Waals surface area (Å²) in [5, 5.41) is 4.58. The third-order valence-electron chi connectivity index (χ3n) is 3.67. The van der Waals surface area contributed by atoms with Gasteiger partial charge in [0.2, 0.25) is 0 Å². The fourth-order valence-corrected chi connectivity index (χ4v) is 2.48. The number of rotatable bonds is 5. The fraction of sp³-hybridized carbons (Fsp3) is 0.769. The number of hydrogen-bond acceptors (Lipinski definition) is 4. The quantitative estimate of drug-likeness (QED) is 0.612. The monoisotopic (exact) mass is 252 g/mol. The minimum atomic E-state index is 0.296. The first-order valence-corrected chi connectivity index (χ1v) is 6.78. The highest BCUT2D eigenvalue weighted by Gasteiger charge is 2.24. The summed E-state index contributed by atoms with van der Waals surface area (Å²) in [6, 6.07) is 2.79. The van der Waals surface area contributed by atoms with Gasteiger partial charge in [-0.1, -0.05) is 0 Å². The molecule has 102 valence electrons. The van der Waals surface area contributed by atoms with Crippen molar-refractivity contribution in [2.24, 2.45) is 11.8 Å². The lowest BCUT2D eigenvalue weighted by Gasteiger charge is -2.29. The zero-order valence-corrected chi connectivity index (χ0v) is 11.3. The Morgan fingerprint density at radius 2 is 2.22 bits per heavy atom. The lowest BCUT2D eigenvalue weighted by atomic mass is 9.89. The van der Waals surface area contributed by atoms with E-state index in [-0.39, 0.29) is 0 Å². The van der Waals surface area contributed by atoms with Gasteiger partial charge in [-0.3, -0.25) is 16.0 Å². The third-order valence-corrected chi connectivity index (χ3v) is 3.67. The van der Waals surface area contributed by atoms with E-state index < -0.39 is 0 Å². The van der Waals surface area contributed by atoms with Crippen LogP contribution in [0.2, 0.25) is 0 Å². The molecule has 3 N–H and O–H groups in total. The molecule has 0 saturated carbocycles. The Kier molecular flexibility index (Phi) is 4.74. The van der Waals surface area contributed by atoms with Crippen molar-refractivity contribution in [1.82, 2.24) is 15.2 Å². The molecule has 1 fully saturated rings. The Morgan fingerprint density at radius 1 is 1.50 bits per heavy atom. The summed E-state index contributed by atoms with van der Waals surface area (Å²) >= 11 is 0. The Balaban J connectivity index is 1.95. The van der Waals surface area contributed by atoms with E-state index in [0.717, 1.165) is 38.2 Å². The standard InChI is InChI=1S/C13H24N4O/c1-10(2)17-6-3-12(16-17)9-13(15-14)11-4-7-18-8-5-11/h3,6,10-11,13,15H,4-5,7-9,14H2,1-2H3. The van der Waals surface area contributed by atoms with Gasteiger partial charge in [0.15, 0.2) is 0 Å². The lowest BCUT2D eigenvalue weighted by molar-refractivity contribution is 0.0536. The van der Waals surface area contributed by atoms with Crippen LogP contribution in [-0.2, 0) is 11.2 Å². The molecule has 1 atom stereocenters. The number of hydrazine groups is 1. The topological polar surface area (TPSA) is 65.1 Å². The summed E-state index contributed by atoms with van der Waals surface area (Å²) < 4.78 is 7.38. The lowest BCUT2D eigenvalue weighted by Crippen LogP contribution is -2.44. The van der Waals surface area contributed by atoms with Crippen LogP contribution >= 0.6 is 0 Å². The maximum Gasteiger partial charge on any atom is 0.0640 e. The van der Waals surface area contributed by atoms with E-state index >= 15 is 0 Å². The molecule has 1 aromatic rings. The van der Waals surface area contributed by atoms with Gasteiger partial charge in [-0.2, -0.15) is 5.10 Å². The second-order valence-electron chi connectivity index (χ2n) is 5.31. The molecule has 0 amide bonds. The molecule has 1 saturated heterocycles. The summed E-state index contributed by atoms with van der Waals surface area (Å²) in [6.07, 6.45) is 5.10. The second-order valence-corrected chi connectivity index (χ2v) is 5.31. The summed E-state index contributed by atoms with van der Waals surface area (Å²) in [6.45, 7) is 5.97. The van der Waals surface area contributed by atoms with Gasteiger partial charge in [0.05, 0.1) is 5.69 Å². The first-order valence-electron chi connectivity index (χ1n) is 6.78. The van der Waals surface area contributed by atoms with Crippen LogP contribution in [0.25, 0.3) is 0 Å². The van der Waals surface area contributed by atoms with Crippen molar-refractivity contribution in [2.45, 2.75) is 45.2 Å². The van der Waals surface area contributed by atoms with Crippen molar-refractivity contribution >= 4 is 0 Å². The van der Waals surface area contributed by atoms with Crippen LogP contribution in [0.15, 0.2) is 12.3 Å². The molecule has 0 aliphatic carbocycles. The summed E-state index contributed by atoms with van der Waals surface area (Å²) in [5.74, 6) is 6.28. The Labute approximate surface area is 109 Å². The molecule has 0 aromatic carbocycles. The number of nitrogens with two attached hydrogens (primary N) is 1. The highest BCUT2D eigenvalue weighted by molar-refractivity contribution is 5.03. The average molecular weight is 252 g/mol. The van der Waals surface area contributed by atoms with Gasteiger partial charge in [-0.25, -0.2) is 0 Å². The molecule has 18 heavy (non-hydrogen) atoms. The van der Waals surface area contributed by atoms with E-state index in [9.17, 15) is 0 Å². The smallest absolute Gasteiger partial charge is 0.0640 e. The van der Waals surface area contributed by atoms with E-state index in [0.29, 0.717) is 18.0 Å². The van der Waals surface area contributed by atoms with Gasteiger partial charge >= 0.3 is 0 Å². The molecule has 1 aromatic heterocycles. The van der Waals surface area contributed by atoms with Crippen LogP contribution in [-0.4, -0.2) is 29.0 Å². The molecule has 1 aliphatic rings. The zero-order valence-electron chi connectivity index (χ0n) is 11.3. The molecular formula is C13H24N4O. The van der Waals surface area contributed by atoms with Gasteiger partial charge in [-0.15, -0.1) is 0 Å². The molecule has 0 radical (unpaired) electrons. The molecule has 2 heterocycles. The number of hydrogen-bond donors (Lipinski definition) is 2. The van der Waals surface area contributed by atoms with Crippen molar-refractivity contribution in [3.63, 3.8) is 0 Å². The molecule has 0 spiro atoms. The van der Waals surface area contributed by atoms with Gasteiger partial charge < -0.3 is 4.74 Å². The number of nitrogens with one attached hydrogen (secondary N) is 1. The van der Waals surface area contributed by atoms with Gasteiger partial charge in [0.25, 0.3) is 0 Å². The molecular weight excluding hydrogens is 228 g/mol. The summed E-state index contributed by atoms with van der Waals surface area (Å²) in [7, 11) is 0. The predicted octanol–water partition coefficient (Wildman–Crippen LogP) is 1.27. The SMILES string of the molecule is CC(C)n1ccc(CC(NN)C2CCOCC2)n1. The Bertz CT molecular complexity index is 358. The fourth-order valence-electron chi connectivity index (χ4n) is 2.48. The third kappa shape index (κ3) is 3.31. The minimum absolute atomic E-state index is 0.296. The Morgan fingerprint density at radius 3 is 2.78 bits per heavy atom. The van der Waals surface area contributed by atoms with E-state index in [1.165, 1.54) is 0 Å². The molecule has 1 aliphatic heterocycles. The van der Waals surface area contributed by atoms with E-state index in [1.54, 1.807) is 0 Å². The van der Waals surface area contributed by atoms with Crippen LogP contribution in [0.4, 0.5) is 0 Å². The predicted molar refractivity (Wildman–Crippen MR) is 71.0 cm³/mol. The summed E-state index contributed by atoms with van der Waals surface area (Å²) in [4.78, 5) is 0. The molecule has 2 rings (SSSR count). The highest BCUT2D eigenvalue weighted by atomic mass is 16.5. The molecule has 5 nitrogen and oxygen atoms in total. The average Bonchev–Trinajstić information content (AvgIpc) is 2.86. The number of ether oxygens (including phenoxy) is 1. The minimum Gasteiger partial charge on any atom is -0.381 e. The summed E-state index contributed by atoms with van der Waals surface area (Å²) in [5.41, 5.74) is 4.06. The van der Waals surface area contributed by atoms with Crippen molar-refractivity contribution in [3.8, 4) is 0 Å².